The van der Waals surface area contributed by atoms with E-state index >= 15 is 0 Å². The Balaban J connectivity index is 1.39. The molecule has 0 bridgehead atoms. The summed E-state index contributed by atoms with van der Waals surface area (Å²) in [6.07, 6.45) is 3.62. The highest BCUT2D eigenvalue weighted by Crippen LogP contribution is 2.34. The lowest BCUT2D eigenvalue weighted by atomic mass is 9.99. The number of fused-ring (bicyclic) bond motifs is 2. The lowest BCUT2D eigenvalue weighted by molar-refractivity contribution is -0.116. The Kier molecular flexibility index (Phi) is 4.63. The molecule has 1 N–H and O–H groups in total. The molecule has 0 spiro atoms. The molecular formula is C23H20N4O3. The minimum Gasteiger partial charge on any atom is -0.457 e. The maximum atomic E-state index is 11.6. The highest BCUT2D eigenvalue weighted by molar-refractivity contribution is 5.93. The molecule has 2 aromatic carbocycles. The lowest BCUT2D eigenvalue weighted by Gasteiger charge is -2.31. The molecule has 7 nitrogen and oxygen atoms in total. The maximum Gasteiger partial charge on any atom is 0.225 e. The van der Waals surface area contributed by atoms with Gasteiger partial charge in [0.1, 0.15) is 23.0 Å². The minimum atomic E-state index is -0.0186. The highest BCUT2D eigenvalue weighted by atomic mass is 16.5. The number of rotatable bonds is 4. The van der Waals surface area contributed by atoms with E-state index in [1.807, 2.05) is 30.3 Å². The Morgan fingerprint density at radius 1 is 1.03 bits per heavy atom. The van der Waals surface area contributed by atoms with E-state index in [1.165, 1.54) is 11.1 Å². The van der Waals surface area contributed by atoms with Gasteiger partial charge in [-0.25, -0.2) is 4.98 Å². The van der Waals surface area contributed by atoms with Gasteiger partial charge in [0.25, 0.3) is 0 Å². The summed E-state index contributed by atoms with van der Waals surface area (Å²) in [5.41, 5.74) is 4.84. The monoisotopic (exact) mass is 400 g/mol. The van der Waals surface area contributed by atoms with Crippen molar-refractivity contribution in [2.75, 3.05) is 16.8 Å². The van der Waals surface area contributed by atoms with Gasteiger partial charge in [-0.2, -0.15) is 0 Å². The molecule has 1 aromatic heterocycles. The quantitative estimate of drug-likeness (QED) is 0.641. The molecule has 0 saturated carbocycles. The van der Waals surface area contributed by atoms with Gasteiger partial charge >= 0.3 is 0 Å². The first-order chi connectivity index (χ1) is 14.7. The molecule has 0 radical (unpaired) electrons. The van der Waals surface area contributed by atoms with Crippen LogP contribution in [0.2, 0.25) is 0 Å². The van der Waals surface area contributed by atoms with Crippen LogP contribution in [0.25, 0.3) is 0 Å². The van der Waals surface area contributed by atoms with Crippen LogP contribution in [-0.4, -0.2) is 17.4 Å². The second-order valence-electron chi connectivity index (χ2n) is 7.50. The van der Waals surface area contributed by atoms with Crippen LogP contribution in [0.1, 0.15) is 23.1 Å². The SMILES string of the molecule is O=Nc1cccc(N2CCc3ccc(Oc4ccnc5c4CCC(=O)N5)cc3C2)c1. The molecule has 7 heteroatoms. The van der Waals surface area contributed by atoms with Gasteiger partial charge in [0.05, 0.1) is 0 Å². The lowest BCUT2D eigenvalue weighted by Crippen LogP contribution is -2.30. The van der Waals surface area contributed by atoms with Crippen molar-refractivity contribution in [2.45, 2.75) is 25.8 Å². The number of ether oxygens (including phenoxy) is 1. The van der Waals surface area contributed by atoms with Crippen molar-refractivity contribution < 1.29 is 9.53 Å². The highest BCUT2D eigenvalue weighted by Gasteiger charge is 2.21. The third kappa shape index (κ3) is 3.50. The summed E-state index contributed by atoms with van der Waals surface area (Å²) < 4.78 is 6.19. The number of nitrogens with one attached hydrogen (secondary N) is 1. The smallest absolute Gasteiger partial charge is 0.225 e. The van der Waals surface area contributed by atoms with Gasteiger partial charge in [-0.1, -0.05) is 12.1 Å². The van der Waals surface area contributed by atoms with Crippen LogP contribution in [0.15, 0.2) is 59.9 Å². The Bertz CT molecular complexity index is 1150. The van der Waals surface area contributed by atoms with E-state index in [-0.39, 0.29) is 5.91 Å². The first-order valence-electron chi connectivity index (χ1n) is 9.95. The van der Waals surface area contributed by atoms with Gasteiger partial charge in [0, 0.05) is 37.0 Å². The van der Waals surface area contributed by atoms with Gasteiger partial charge < -0.3 is 15.0 Å². The van der Waals surface area contributed by atoms with Gasteiger partial charge in [0.2, 0.25) is 5.91 Å². The second kappa shape index (κ2) is 7.59. The van der Waals surface area contributed by atoms with Gasteiger partial charge in [0.15, 0.2) is 0 Å². The predicted molar refractivity (Wildman–Crippen MR) is 114 cm³/mol. The molecule has 2 aliphatic heterocycles. The number of hydrogen-bond acceptors (Lipinski definition) is 6. The van der Waals surface area contributed by atoms with Crippen LogP contribution in [0.5, 0.6) is 11.5 Å². The number of benzene rings is 2. The van der Waals surface area contributed by atoms with Crippen molar-refractivity contribution in [3.05, 3.63) is 76.3 Å². The van der Waals surface area contributed by atoms with Crippen molar-refractivity contribution in [3.63, 3.8) is 0 Å². The molecular weight excluding hydrogens is 380 g/mol. The number of hydrogen-bond donors (Lipinski definition) is 1. The molecule has 0 fully saturated rings. The Morgan fingerprint density at radius 3 is 2.87 bits per heavy atom. The number of carbonyl (C=O) groups excluding carboxylic acids is 1. The summed E-state index contributed by atoms with van der Waals surface area (Å²) in [4.78, 5) is 29.0. The van der Waals surface area contributed by atoms with Crippen LogP contribution in [0.4, 0.5) is 17.2 Å². The van der Waals surface area contributed by atoms with Gasteiger partial charge in [-0.15, -0.1) is 4.91 Å². The zero-order chi connectivity index (χ0) is 20.5. The fourth-order valence-corrected chi connectivity index (χ4v) is 4.04. The minimum absolute atomic E-state index is 0.0186. The standard InChI is InChI=1S/C23H20N4O3/c28-22-7-6-20-21(8-10-24-23(20)25-22)30-19-5-4-15-9-11-27(14-16(15)12-19)18-3-1-2-17(13-18)26-29/h1-5,8,10,12-13H,6-7,9,11,14H2,(H,24,25,28). The molecule has 0 saturated heterocycles. The first-order valence-corrected chi connectivity index (χ1v) is 9.95. The molecule has 1 amide bonds. The number of nitrogens with zero attached hydrogens (tertiary/aromatic N) is 3. The van der Waals surface area contributed by atoms with E-state index in [1.54, 1.807) is 12.3 Å². The van der Waals surface area contributed by atoms with Crippen LogP contribution in [-0.2, 0) is 24.2 Å². The van der Waals surface area contributed by atoms with Gasteiger partial charge in [-0.3, -0.25) is 4.79 Å². The second-order valence-corrected chi connectivity index (χ2v) is 7.50. The molecule has 0 atom stereocenters. The Morgan fingerprint density at radius 2 is 1.97 bits per heavy atom. The zero-order valence-corrected chi connectivity index (χ0v) is 16.3. The molecule has 2 aliphatic rings. The summed E-state index contributed by atoms with van der Waals surface area (Å²) in [6, 6.07) is 15.4. The van der Waals surface area contributed by atoms with E-state index < -0.39 is 0 Å². The number of pyridine rings is 1. The summed E-state index contributed by atoms with van der Waals surface area (Å²) in [5.74, 6) is 2.04. The third-order valence-electron chi connectivity index (χ3n) is 5.59. The summed E-state index contributed by atoms with van der Waals surface area (Å²) >= 11 is 0. The number of carbonyl (C=O) groups is 1. The predicted octanol–water partition coefficient (Wildman–Crippen LogP) is 4.72. The molecule has 150 valence electrons. The average Bonchev–Trinajstić information content (AvgIpc) is 2.78. The van der Waals surface area contributed by atoms with Crippen molar-refractivity contribution >= 4 is 23.1 Å². The van der Waals surface area contributed by atoms with Crippen molar-refractivity contribution in [1.29, 1.82) is 0 Å². The Hall–Kier alpha value is -3.74. The zero-order valence-electron chi connectivity index (χ0n) is 16.3. The van der Waals surface area contributed by atoms with Crippen LogP contribution in [0.3, 0.4) is 0 Å². The maximum absolute atomic E-state index is 11.6. The molecule has 5 rings (SSSR count). The summed E-state index contributed by atoms with van der Waals surface area (Å²) in [5, 5.41) is 5.85. The number of nitroso groups, excluding NO2 is 1. The van der Waals surface area contributed by atoms with Crippen molar-refractivity contribution in [3.8, 4) is 11.5 Å². The first kappa shape index (κ1) is 18.3. The molecule has 3 heterocycles. The fourth-order valence-electron chi connectivity index (χ4n) is 4.04. The number of amides is 1. The molecule has 30 heavy (non-hydrogen) atoms. The normalized spacial score (nSPS) is 15.1. The van der Waals surface area contributed by atoms with Gasteiger partial charge in [-0.05, 0) is 65.5 Å². The van der Waals surface area contributed by atoms with Crippen LogP contribution < -0.4 is 15.0 Å². The average molecular weight is 400 g/mol. The Labute approximate surface area is 173 Å². The number of aromatic nitrogens is 1. The summed E-state index contributed by atoms with van der Waals surface area (Å²) in [6.45, 7) is 1.62. The molecule has 0 aliphatic carbocycles. The van der Waals surface area contributed by atoms with Crippen molar-refractivity contribution in [2.24, 2.45) is 5.18 Å². The van der Waals surface area contributed by atoms with E-state index in [4.69, 9.17) is 4.74 Å². The fraction of sp³-hybridized carbons (Fsp3) is 0.217. The third-order valence-corrected chi connectivity index (χ3v) is 5.59. The molecule has 0 unspecified atom stereocenters. The topological polar surface area (TPSA) is 83.9 Å². The van der Waals surface area contributed by atoms with Crippen LogP contribution in [0, 0.1) is 4.91 Å². The number of anilines is 2. The van der Waals surface area contributed by atoms with Crippen molar-refractivity contribution in [1.82, 2.24) is 4.98 Å². The largest absolute Gasteiger partial charge is 0.457 e. The van der Waals surface area contributed by atoms with E-state index in [0.29, 0.717) is 24.3 Å². The van der Waals surface area contributed by atoms with Crippen LogP contribution >= 0.6 is 0 Å². The molecule has 3 aromatic rings. The summed E-state index contributed by atoms with van der Waals surface area (Å²) in [7, 11) is 0. The van der Waals surface area contributed by atoms with E-state index in [2.05, 4.69) is 32.5 Å². The van der Waals surface area contributed by atoms with E-state index in [0.717, 1.165) is 42.3 Å². The van der Waals surface area contributed by atoms with E-state index in [9.17, 15) is 9.70 Å².